The van der Waals surface area contributed by atoms with Gasteiger partial charge in [0.25, 0.3) is 6.43 Å². The van der Waals surface area contributed by atoms with Gasteiger partial charge in [-0.25, -0.2) is 8.78 Å². The second-order valence-electron chi connectivity index (χ2n) is 5.83. The maximum Gasteiger partial charge on any atom is 0.272 e. The second-order valence-corrected chi connectivity index (χ2v) is 5.83. The van der Waals surface area contributed by atoms with Crippen molar-refractivity contribution in [3.63, 3.8) is 0 Å². The Bertz CT molecular complexity index is 425. The maximum atomic E-state index is 12.1. The van der Waals surface area contributed by atoms with Crippen LogP contribution in [0, 0.1) is 0 Å². The van der Waals surface area contributed by atoms with E-state index >= 15 is 0 Å². The van der Waals surface area contributed by atoms with E-state index in [4.69, 9.17) is 4.74 Å². The van der Waals surface area contributed by atoms with E-state index in [9.17, 15) is 13.9 Å². The molecule has 0 aliphatic carbocycles. The molecule has 3 nitrogen and oxygen atoms in total. The Morgan fingerprint density at radius 2 is 1.95 bits per heavy atom. The highest BCUT2D eigenvalue weighted by Gasteiger charge is 2.20. The molecule has 1 atom stereocenters. The van der Waals surface area contributed by atoms with E-state index < -0.39 is 13.0 Å². The highest BCUT2D eigenvalue weighted by molar-refractivity contribution is 5.27. The molecular formula is C17H25F2NO2. The maximum absolute atomic E-state index is 12.1. The number of hydrogen-bond donors (Lipinski definition) is 1. The van der Waals surface area contributed by atoms with E-state index in [-0.39, 0.29) is 6.61 Å². The van der Waals surface area contributed by atoms with Gasteiger partial charge in [0, 0.05) is 19.2 Å². The first-order valence-electron chi connectivity index (χ1n) is 8.04. The van der Waals surface area contributed by atoms with Gasteiger partial charge in [-0.1, -0.05) is 25.0 Å². The summed E-state index contributed by atoms with van der Waals surface area (Å²) in [6, 6.07) is 7.79. The number of benzene rings is 1. The van der Waals surface area contributed by atoms with E-state index in [0.717, 1.165) is 31.5 Å². The van der Waals surface area contributed by atoms with Crippen LogP contribution in [0.1, 0.15) is 37.7 Å². The van der Waals surface area contributed by atoms with Gasteiger partial charge in [0.05, 0.1) is 0 Å². The largest absolute Gasteiger partial charge is 0.488 e. The molecule has 124 valence electrons. The summed E-state index contributed by atoms with van der Waals surface area (Å²) < 4.78 is 29.2. The van der Waals surface area contributed by atoms with Crippen molar-refractivity contribution in [3.8, 4) is 5.75 Å². The number of likely N-dealkylation sites (tertiary alicyclic amines) is 1. The van der Waals surface area contributed by atoms with Gasteiger partial charge in [-0.3, -0.25) is 4.90 Å². The molecule has 22 heavy (non-hydrogen) atoms. The number of rotatable bonds is 7. The van der Waals surface area contributed by atoms with Gasteiger partial charge in [0.15, 0.2) is 0 Å². The summed E-state index contributed by atoms with van der Waals surface area (Å²) in [5.41, 5.74) is 1.15. The molecule has 1 aromatic rings. The third-order valence-corrected chi connectivity index (χ3v) is 4.15. The molecule has 1 aliphatic heterocycles. The number of nitrogens with zero attached hydrogens (tertiary/aromatic N) is 1. The van der Waals surface area contributed by atoms with Crippen molar-refractivity contribution in [1.29, 1.82) is 0 Å². The van der Waals surface area contributed by atoms with Gasteiger partial charge in [-0.15, -0.1) is 0 Å². The summed E-state index contributed by atoms with van der Waals surface area (Å²) in [6.45, 7) is 1.54. The van der Waals surface area contributed by atoms with Gasteiger partial charge >= 0.3 is 0 Å². The van der Waals surface area contributed by atoms with Crippen LogP contribution in [0.25, 0.3) is 0 Å². The molecule has 1 unspecified atom stereocenters. The molecule has 1 saturated heterocycles. The quantitative estimate of drug-likeness (QED) is 0.837. The van der Waals surface area contributed by atoms with Gasteiger partial charge in [0.1, 0.15) is 12.4 Å². The van der Waals surface area contributed by atoms with Crippen molar-refractivity contribution >= 4 is 0 Å². The molecule has 1 heterocycles. The van der Waals surface area contributed by atoms with Crippen LogP contribution in [0.15, 0.2) is 24.3 Å². The van der Waals surface area contributed by atoms with E-state index in [1.807, 2.05) is 12.1 Å². The number of aliphatic hydroxyl groups is 1. The monoisotopic (exact) mass is 313 g/mol. The summed E-state index contributed by atoms with van der Waals surface area (Å²) in [6.07, 6.45) is 3.17. The van der Waals surface area contributed by atoms with Crippen LogP contribution in [-0.2, 0) is 6.54 Å². The lowest BCUT2D eigenvalue weighted by molar-refractivity contribution is 0.0819. The molecule has 0 aromatic heterocycles. The Labute approximate surface area is 130 Å². The summed E-state index contributed by atoms with van der Waals surface area (Å²) in [4.78, 5) is 2.43. The van der Waals surface area contributed by atoms with Crippen LogP contribution in [-0.4, -0.2) is 42.2 Å². The number of alkyl halides is 2. The number of aliphatic hydroxyl groups excluding tert-OH is 1. The highest BCUT2D eigenvalue weighted by Crippen LogP contribution is 2.22. The number of hydrogen-bond acceptors (Lipinski definition) is 3. The fraction of sp³-hybridized carbons (Fsp3) is 0.647. The number of ether oxygens (including phenoxy) is 1. The molecule has 1 N–H and O–H groups in total. The number of halogens is 2. The Morgan fingerprint density at radius 1 is 1.18 bits per heavy atom. The molecular weight excluding hydrogens is 288 g/mol. The van der Waals surface area contributed by atoms with Crippen LogP contribution in [0.5, 0.6) is 5.75 Å². The Kier molecular flexibility index (Phi) is 7.06. The Balaban J connectivity index is 1.92. The van der Waals surface area contributed by atoms with E-state index in [2.05, 4.69) is 4.90 Å². The molecule has 0 spiro atoms. The topological polar surface area (TPSA) is 32.7 Å². The fourth-order valence-corrected chi connectivity index (χ4v) is 3.01. The zero-order chi connectivity index (χ0) is 15.8. The van der Waals surface area contributed by atoms with Crippen LogP contribution in [0.3, 0.4) is 0 Å². The van der Waals surface area contributed by atoms with Crippen molar-refractivity contribution in [3.05, 3.63) is 29.8 Å². The predicted octanol–water partition coefficient (Wildman–Crippen LogP) is 3.46. The van der Waals surface area contributed by atoms with Gasteiger partial charge in [0.2, 0.25) is 0 Å². The van der Waals surface area contributed by atoms with Crippen LogP contribution < -0.4 is 4.74 Å². The molecule has 2 rings (SSSR count). The zero-order valence-electron chi connectivity index (χ0n) is 12.9. The third-order valence-electron chi connectivity index (χ3n) is 4.15. The standard InChI is InChI=1S/C17H25F2NO2/c18-17(19)13-22-16-7-5-14(6-8-16)12-20-10-3-1-2-4-15(20)9-11-21/h5-8,15,17,21H,1-4,9-13H2. The predicted molar refractivity (Wildman–Crippen MR) is 82.3 cm³/mol. The van der Waals surface area contributed by atoms with Crippen molar-refractivity contribution in [2.45, 2.75) is 51.1 Å². The van der Waals surface area contributed by atoms with Crippen molar-refractivity contribution in [2.75, 3.05) is 19.8 Å². The molecule has 0 bridgehead atoms. The third kappa shape index (κ3) is 5.54. The first kappa shape index (κ1) is 17.2. The molecule has 1 fully saturated rings. The lowest BCUT2D eigenvalue weighted by Crippen LogP contribution is -2.35. The lowest BCUT2D eigenvalue weighted by Gasteiger charge is -2.29. The smallest absolute Gasteiger partial charge is 0.272 e. The molecule has 0 radical (unpaired) electrons. The molecule has 0 saturated carbocycles. The summed E-state index contributed by atoms with van der Waals surface area (Å²) in [7, 11) is 0. The van der Waals surface area contributed by atoms with Crippen LogP contribution in [0.4, 0.5) is 8.78 Å². The molecule has 1 aromatic carbocycles. The normalized spacial score (nSPS) is 20.1. The minimum Gasteiger partial charge on any atom is -0.488 e. The Hall–Kier alpha value is -1.20. The highest BCUT2D eigenvalue weighted by atomic mass is 19.3. The van der Waals surface area contributed by atoms with Crippen LogP contribution in [0.2, 0.25) is 0 Å². The fourth-order valence-electron chi connectivity index (χ4n) is 3.01. The van der Waals surface area contributed by atoms with Crippen LogP contribution >= 0.6 is 0 Å². The van der Waals surface area contributed by atoms with Crippen molar-refractivity contribution in [2.24, 2.45) is 0 Å². The molecule has 1 aliphatic rings. The first-order chi connectivity index (χ1) is 10.7. The average molecular weight is 313 g/mol. The first-order valence-corrected chi connectivity index (χ1v) is 8.04. The van der Waals surface area contributed by atoms with E-state index in [0.29, 0.717) is 11.8 Å². The van der Waals surface area contributed by atoms with Crippen molar-refractivity contribution < 1.29 is 18.6 Å². The Morgan fingerprint density at radius 3 is 2.64 bits per heavy atom. The minimum atomic E-state index is -2.45. The van der Waals surface area contributed by atoms with Gasteiger partial charge < -0.3 is 9.84 Å². The zero-order valence-corrected chi connectivity index (χ0v) is 12.9. The minimum absolute atomic E-state index is 0.224. The van der Waals surface area contributed by atoms with Gasteiger partial charge in [-0.05, 0) is 43.5 Å². The average Bonchev–Trinajstić information content (AvgIpc) is 2.73. The SMILES string of the molecule is OCCC1CCCCCN1Cc1ccc(OCC(F)F)cc1. The summed E-state index contributed by atoms with van der Waals surface area (Å²) >= 11 is 0. The summed E-state index contributed by atoms with van der Waals surface area (Å²) in [5.74, 6) is 0.479. The lowest BCUT2D eigenvalue weighted by atomic mass is 10.1. The second kappa shape index (κ2) is 9.06. The summed E-state index contributed by atoms with van der Waals surface area (Å²) in [5, 5.41) is 9.23. The van der Waals surface area contributed by atoms with Gasteiger partial charge in [-0.2, -0.15) is 0 Å². The molecule has 5 heteroatoms. The van der Waals surface area contributed by atoms with E-state index in [1.165, 1.54) is 19.3 Å². The molecule has 0 amide bonds. The van der Waals surface area contributed by atoms with Crippen molar-refractivity contribution in [1.82, 2.24) is 4.90 Å². The van der Waals surface area contributed by atoms with E-state index in [1.54, 1.807) is 12.1 Å².